The molecule has 1 aliphatic heterocycles. The number of nitrogens with zero attached hydrogens (tertiary/aromatic N) is 2. The van der Waals surface area contributed by atoms with Gasteiger partial charge in [0, 0.05) is 27.7 Å². The van der Waals surface area contributed by atoms with Crippen molar-refractivity contribution < 1.29 is 24.0 Å². The van der Waals surface area contributed by atoms with Gasteiger partial charge in [0.15, 0.2) is 5.78 Å². The van der Waals surface area contributed by atoms with Gasteiger partial charge in [0.05, 0.1) is 16.4 Å². The molecule has 0 aromatic heterocycles. The van der Waals surface area contributed by atoms with E-state index in [1.54, 1.807) is 18.2 Å². The number of thioether (sulfide) groups is 1. The molecule has 10 heteroatoms. The van der Waals surface area contributed by atoms with E-state index in [0.29, 0.717) is 17.9 Å². The highest BCUT2D eigenvalue weighted by Crippen LogP contribution is 2.35. The molecular formula is C25H17BrN2O6S. The number of rotatable bonds is 8. The van der Waals surface area contributed by atoms with Crippen molar-refractivity contribution in [3.63, 3.8) is 0 Å². The quantitative estimate of drug-likeness (QED) is 0.149. The van der Waals surface area contributed by atoms with Crippen LogP contribution in [0, 0.1) is 10.1 Å². The van der Waals surface area contributed by atoms with Crippen LogP contribution in [0.3, 0.4) is 0 Å². The van der Waals surface area contributed by atoms with Crippen LogP contribution in [0.5, 0.6) is 5.75 Å². The second-order valence-corrected chi connectivity index (χ2v) is 9.36. The van der Waals surface area contributed by atoms with Crippen molar-refractivity contribution in [2.45, 2.75) is 6.61 Å². The number of imide groups is 1. The van der Waals surface area contributed by atoms with Crippen LogP contribution in [0.2, 0.25) is 0 Å². The summed E-state index contributed by atoms with van der Waals surface area (Å²) in [5.74, 6) is -0.562. The Labute approximate surface area is 212 Å². The third-order valence-corrected chi connectivity index (χ3v) is 6.47. The van der Waals surface area contributed by atoms with E-state index in [2.05, 4.69) is 15.9 Å². The largest absolute Gasteiger partial charge is 0.488 e. The van der Waals surface area contributed by atoms with Crippen molar-refractivity contribution >= 4 is 56.4 Å². The fourth-order valence-electron chi connectivity index (χ4n) is 3.28. The Balaban J connectivity index is 1.51. The number of carbonyl (C=O) groups is 3. The summed E-state index contributed by atoms with van der Waals surface area (Å²) in [4.78, 5) is 49.3. The Morgan fingerprint density at radius 3 is 2.46 bits per heavy atom. The molecule has 0 spiro atoms. The van der Waals surface area contributed by atoms with Crippen LogP contribution in [0.1, 0.15) is 21.5 Å². The third kappa shape index (κ3) is 5.84. The first-order valence-electron chi connectivity index (χ1n) is 10.3. The predicted molar refractivity (Wildman–Crippen MR) is 135 cm³/mol. The molecule has 0 atom stereocenters. The van der Waals surface area contributed by atoms with Crippen molar-refractivity contribution in [2.75, 3.05) is 6.54 Å². The normalized spacial score (nSPS) is 14.4. The maximum Gasteiger partial charge on any atom is 0.293 e. The second kappa shape index (κ2) is 10.7. The average molecular weight is 553 g/mol. The number of carbonyl (C=O) groups excluding carboxylic acids is 3. The fraction of sp³-hybridized carbons (Fsp3) is 0.0800. The van der Waals surface area contributed by atoms with Crippen LogP contribution in [0.15, 0.2) is 82.2 Å². The van der Waals surface area contributed by atoms with Crippen LogP contribution >= 0.6 is 27.7 Å². The van der Waals surface area contributed by atoms with E-state index >= 15 is 0 Å². The van der Waals surface area contributed by atoms with E-state index in [4.69, 9.17) is 4.74 Å². The van der Waals surface area contributed by atoms with Gasteiger partial charge in [0.25, 0.3) is 16.8 Å². The van der Waals surface area contributed by atoms with Gasteiger partial charge in [-0.25, -0.2) is 0 Å². The Kier molecular flexibility index (Phi) is 7.42. The number of nitro benzene ring substituents is 1. The standard InChI is InChI=1S/C25H17BrN2O6S/c26-19-8-11-22(34-15-16-4-2-1-3-5-16)18(12-19)13-23-24(30)27(25(31)35-23)14-21(29)17-6-9-20(10-7-17)28(32)33/h1-13H,14-15H2/b23-13-. The summed E-state index contributed by atoms with van der Waals surface area (Å²) in [6, 6.07) is 20.0. The van der Waals surface area contributed by atoms with E-state index < -0.39 is 28.4 Å². The van der Waals surface area contributed by atoms with Crippen LogP contribution in [0.25, 0.3) is 6.08 Å². The molecule has 0 N–H and O–H groups in total. The maximum absolute atomic E-state index is 12.9. The number of non-ortho nitro benzene ring substituents is 1. The zero-order valence-corrected chi connectivity index (χ0v) is 20.5. The molecule has 1 saturated heterocycles. The SMILES string of the molecule is O=C(CN1C(=O)S/C(=C\c2cc(Br)ccc2OCc2ccccc2)C1=O)c1ccc([N+](=O)[O-])cc1. The zero-order valence-electron chi connectivity index (χ0n) is 18.0. The molecule has 0 aliphatic carbocycles. The van der Waals surface area contributed by atoms with Gasteiger partial charge in [-0.05, 0) is 53.7 Å². The van der Waals surface area contributed by atoms with Gasteiger partial charge in [0.1, 0.15) is 12.4 Å². The number of halogens is 1. The Morgan fingerprint density at radius 1 is 1.06 bits per heavy atom. The molecule has 0 saturated carbocycles. The van der Waals surface area contributed by atoms with E-state index in [1.165, 1.54) is 24.3 Å². The van der Waals surface area contributed by atoms with Crippen molar-refractivity contribution in [1.82, 2.24) is 4.90 Å². The zero-order chi connectivity index (χ0) is 24.9. The first-order chi connectivity index (χ1) is 16.8. The molecule has 1 fully saturated rings. The summed E-state index contributed by atoms with van der Waals surface area (Å²) in [7, 11) is 0. The molecule has 3 aromatic rings. The monoisotopic (exact) mass is 552 g/mol. The van der Waals surface area contributed by atoms with E-state index in [-0.39, 0.29) is 16.2 Å². The highest BCUT2D eigenvalue weighted by atomic mass is 79.9. The molecule has 0 unspecified atom stereocenters. The minimum atomic E-state index is -0.593. The van der Waals surface area contributed by atoms with Crippen LogP contribution in [0.4, 0.5) is 10.5 Å². The molecule has 1 heterocycles. The minimum absolute atomic E-state index is 0.157. The average Bonchev–Trinajstić information content (AvgIpc) is 3.11. The van der Waals surface area contributed by atoms with E-state index in [0.717, 1.165) is 26.7 Å². The summed E-state index contributed by atoms with van der Waals surface area (Å²) in [5, 5.41) is 10.2. The topological polar surface area (TPSA) is 107 Å². The third-order valence-electron chi connectivity index (χ3n) is 5.07. The summed E-state index contributed by atoms with van der Waals surface area (Å²) in [6.45, 7) is -0.135. The molecule has 1 aliphatic rings. The lowest BCUT2D eigenvalue weighted by Crippen LogP contribution is -2.33. The maximum atomic E-state index is 12.9. The van der Waals surface area contributed by atoms with Gasteiger partial charge < -0.3 is 4.74 Å². The number of benzene rings is 3. The summed E-state index contributed by atoms with van der Waals surface area (Å²) >= 11 is 4.15. The minimum Gasteiger partial charge on any atom is -0.488 e. The van der Waals surface area contributed by atoms with Crippen molar-refractivity contribution in [1.29, 1.82) is 0 Å². The van der Waals surface area contributed by atoms with Crippen molar-refractivity contribution in [2.24, 2.45) is 0 Å². The number of ether oxygens (including phenoxy) is 1. The molecule has 0 bridgehead atoms. The van der Waals surface area contributed by atoms with Gasteiger partial charge in [0.2, 0.25) is 0 Å². The van der Waals surface area contributed by atoms with E-state index in [9.17, 15) is 24.5 Å². The second-order valence-electron chi connectivity index (χ2n) is 7.45. The highest BCUT2D eigenvalue weighted by molar-refractivity contribution is 9.10. The Morgan fingerprint density at radius 2 is 1.77 bits per heavy atom. The van der Waals surface area contributed by atoms with Crippen molar-refractivity contribution in [3.8, 4) is 5.75 Å². The molecule has 0 radical (unpaired) electrons. The summed E-state index contributed by atoms with van der Waals surface area (Å²) in [6.07, 6.45) is 1.56. The molecule has 4 rings (SSSR count). The number of nitro groups is 1. The van der Waals surface area contributed by atoms with Gasteiger partial charge in [-0.2, -0.15) is 0 Å². The lowest BCUT2D eigenvalue weighted by Gasteiger charge is -2.12. The molecule has 8 nitrogen and oxygen atoms in total. The predicted octanol–water partition coefficient (Wildman–Crippen LogP) is 5.86. The summed E-state index contributed by atoms with van der Waals surface area (Å²) in [5.41, 5.74) is 1.59. The van der Waals surface area contributed by atoms with Crippen LogP contribution in [-0.2, 0) is 11.4 Å². The molecule has 176 valence electrons. The first kappa shape index (κ1) is 24.4. The van der Waals surface area contributed by atoms with Gasteiger partial charge >= 0.3 is 0 Å². The lowest BCUT2D eigenvalue weighted by atomic mass is 10.1. The number of amides is 2. The Bertz CT molecular complexity index is 1340. The smallest absolute Gasteiger partial charge is 0.293 e. The number of Topliss-reactive ketones (excluding diaryl/α,β-unsaturated/α-hetero) is 1. The highest BCUT2D eigenvalue weighted by Gasteiger charge is 2.36. The number of hydrogen-bond acceptors (Lipinski definition) is 7. The van der Waals surface area contributed by atoms with Crippen LogP contribution in [-0.4, -0.2) is 33.3 Å². The van der Waals surface area contributed by atoms with E-state index in [1.807, 2.05) is 36.4 Å². The molecule has 3 aromatic carbocycles. The summed E-state index contributed by atoms with van der Waals surface area (Å²) < 4.78 is 6.71. The number of hydrogen-bond donors (Lipinski definition) is 0. The number of ketones is 1. The van der Waals surface area contributed by atoms with Gasteiger partial charge in [-0.1, -0.05) is 46.3 Å². The van der Waals surface area contributed by atoms with Crippen LogP contribution < -0.4 is 4.74 Å². The lowest BCUT2D eigenvalue weighted by molar-refractivity contribution is -0.384. The van der Waals surface area contributed by atoms with Gasteiger partial charge in [-0.3, -0.25) is 29.4 Å². The Hall–Kier alpha value is -3.76. The van der Waals surface area contributed by atoms with Gasteiger partial charge in [-0.15, -0.1) is 0 Å². The molecule has 35 heavy (non-hydrogen) atoms. The first-order valence-corrected chi connectivity index (χ1v) is 11.9. The fourth-order valence-corrected chi connectivity index (χ4v) is 4.49. The molecule has 2 amide bonds. The van der Waals surface area contributed by atoms with Crippen molar-refractivity contribution in [3.05, 3.63) is 109 Å². The molecular weight excluding hydrogens is 536 g/mol.